The fourth-order valence-corrected chi connectivity index (χ4v) is 0.814. The molecule has 0 spiro atoms. The van der Waals surface area contributed by atoms with Gasteiger partial charge < -0.3 is 5.73 Å². The number of allylic oxidation sites excluding steroid dienone is 1. The van der Waals surface area contributed by atoms with Crippen LogP contribution in [0.4, 0.5) is 0 Å². The van der Waals surface area contributed by atoms with Crippen molar-refractivity contribution in [3.63, 3.8) is 0 Å². The van der Waals surface area contributed by atoms with Gasteiger partial charge in [-0.15, -0.1) is 6.58 Å². The summed E-state index contributed by atoms with van der Waals surface area (Å²) in [5.74, 6) is 0. The average Bonchev–Trinajstić information content (AvgIpc) is 2.50. The van der Waals surface area contributed by atoms with Crippen LogP contribution in [0.15, 0.2) is 25.0 Å². The molecule has 0 aliphatic heterocycles. The van der Waals surface area contributed by atoms with E-state index in [4.69, 9.17) is 5.73 Å². The monoisotopic (exact) mass is 151 g/mol. The van der Waals surface area contributed by atoms with Gasteiger partial charge in [-0.05, 0) is 6.92 Å². The molecule has 0 aliphatic carbocycles. The molecule has 0 aliphatic rings. The summed E-state index contributed by atoms with van der Waals surface area (Å²) in [5.41, 5.74) is 6.48. The van der Waals surface area contributed by atoms with E-state index < -0.39 is 0 Å². The van der Waals surface area contributed by atoms with E-state index in [-0.39, 0.29) is 6.04 Å². The zero-order valence-corrected chi connectivity index (χ0v) is 6.70. The highest BCUT2D eigenvalue weighted by Crippen LogP contribution is 2.05. The Balaban J connectivity index is 2.79. The van der Waals surface area contributed by atoms with Crippen LogP contribution in [0.1, 0.15) is 18.5 Å². The van der Waals surface area contributed by atoms with Crippen LogP contribution >= 0.6 is 0 Å². The van der Waals surface area contributed by atoms with Crippen LogP contribution in [0.2, 0.25) is 0 Å². The highest BCUT2D eigenvalue weighted by Gasteiger charge is 2.00. The molecule has 2 N–H and O–H groups in total. The Kier molecular flexibility index (Phi) is 2.44. The van der Waals surface area contributed by atoms with E-state index in [1.54, 1.807) is 6.20 Å². The second kappa shape index (κ2) is 3.34. The fraction of sp³-hybridized carbons (Fsp3) is 0.375. The van der Waals surface area contributed by atoms with Crippen LogP contribution in [-0.4, -0.2) is 9.78 Å². The Morgan fingerprint density at radius 3 is 3.09 bits per heavy atom. The Bertz CT molecular complexity index is 239. The van der Waals surface area contributed by atoms with Crippen molar-refractivity contribution < 1.29 is 0 Å². The van der Waals surface area contributed by atoms with Crippen LogP contribution in [0.5, 0.6) is 0 Å². The number of hydrogen-bond acceptors (Lipinski definition) is 2. The molecule has 1 heterocycles. The van der Waals surface area contributed by atoms with Crippen molar-refractivity contribution in [1.82, 2.24) is 9.78 Å². The topological polar surface area (TPSA) is 43.8 Å². The highest BCUT2D eigenvalue weighted by molar-refractivity contribution is 5.04. The van der Waals surface area contributed by atoms with Crippen molar-refractivity contribution in [2.24, 2.45) is 5.73 Å². The molecule has 0 fully saturated rings. The summed E-state index contributed by atoms with van der Waals surface area (Å²) in [7, 11) is 0. The second-order valence-electron chi connectivity index (χ2n) is 2.51. The number of nitrogens with zero attached hydrogens (tertiary/aromatic N) is 2. The van der Waals surface area contributed by atoms with Crippen molar-refractivity contribution in [1.29, 1.82) is 0 Å². The number of nitrogens with two attached hydrogens (primary N) is 1. The third-order valence-corrected chi connectivity index (χ3v) is 1.65. The molecular weight excluding hydrogens is 138 g/mol. The Hall–Kier alpha value is -1.09. The van der Waals surface area contributed by atoms with Gasteiger partial charge in [-0.3, -0.25) is 4.68 Å². The molecule has 60 valence electrons. The molecule has 3 nitrogen and oxygen atoms in total. The normalized spacial score (nSPS) is 12.9. The first-order chi connectivity index (χ1) is 5.27. The van der Waals surface area contributed by atoms with Crippen LogP contribution in [0.3, 0.4) is 0 Å². The van der Waals surface area contributed by atoms with Gasteiger partial charge in [0.05, 0.1) is 12.2 Å². The zero-order valence-electron chi connectivity index (χ0n) is 6.70. The first-order valence-electron chi connectivity index (χ1n) is 3.63. The summed E-state index contributed by atoms with van der Waals surface area (Å²) >= 11 is 0. The average molecular weight is 151 g/mol. The van der Waals surface area contributed by atoms with Crippen molar-refractivity contribution in [3.05, 3.63) is 30.6 Å². The lowest BCUT2D eigenvalue weighted by Crippen LogP contribution is -2.01. The van der Waals surface area contributed by atoms with Crippen molar-refractivity contribution >= 4 is 0 Å². The van der Waals surface area contributed by atoms with Crippen LogP contribution < -0.4 is 5.73 Å². The Morgan fingerprint density at radius 1 is 1.91 bits per heavy atom. The molecule has 1 aromatic rings. The zero-order chi connectivity index (χ0) is 8.27. The van der Waals surface area contributed by atoms with Gasteiger partial charge in [-0.25, -0.2) is 0 Å². The molecule has 0 aromatic carbocycles. The maximum Gasteiger partial charge on any atom is 0.0668 e. The lowest BCUT2D eigenvalue weighted by molar-refractivity contribution is 0.581. The molecule has 1 aromatic heterocycles. The van der Waals surface area contributed by atoms with Crippen LogP contribution in [0.25, 0.3) is 0 Å². The summed E-state index contributed by atoms with van der Waals surface area (Å²) in [6, 6.07) is 0.246. The molecule has 1 atom stereocenters. The predicted molar refractivity (Wildman–Crippen MR) is 45.0 cm³/mol. The Morgan fingerprint density at radius 2 is 2.64 bits per heavy atom. The van der Waals surface area contributed by atoms with Crippen LogP contribution in [0, 0.1) is 0 Å². The standard InChI is InChI=1S/C8H13N3/c1-3-7(2)11-6-8(4-9)5-10-11/h3,5-7H,1,4,9H2,2H3. The number of hydrogen-bond donors (Lipinski definition) is 1. The largest absolute Gasteiger partial charge is 0.326 e. The second-order valence-corrected chi connectivity index (χ2v) is 2.51. The summed E-state index contributed by atoms with van der Waals surface area (Å²) < 4.78 is 1.84. The maximum atomic E-state index is 5.43. The number of aromatic nitrogens is 2. The molecular formula is C8H13N3. The van der Waals surface area contributed by atoms with Crippen molar-refractivity contribution in [3.8, 4) is 0 Å². The van der Waals surface area contributed by atoms with Gasteiger partial charge in [0, 0.05) is 18.3 Å². The smallest absolute Gasteiger partial charge is 0.0668 e. The Labute approximate surface area is 66.5 Å². The third kappa shape index (κ3) is 1.68. The minimum Gasteiger partial charge on any atom is -0.326 e. The first-order valence-corrected chi connectivity index (χ1v) is 3.63. The predicted octanol–water partition coefficient (Wildman–Crippen LogP) is 1.09. The molecule has 0 saturated carbocycles. The lowest BCUT2D eigenvalue weighted by atomic mass is 10.3. The van der Waals surface area contributed by atoms with E-state index in [9.17, 15) is 0 Å². The van der Waals surface area contributed by atoms with E-state index in [0.717, 1.165) is 5.56 Å². The summed E-state index contributed by atoms with van der Waals surface area (Å²) in [4.78, 5) is 0. The van der Waals surface area contributed by atoms with E-state index in [1.807, 2.05) is 23.9 Å². The van der Waals surface area contributed by atoms with E-state index in [0.29, 0.717) is 6.54 Å². The SMILES string of the molecule is C=CC(C)n1cc(CN)cn1. The van der Waals surface area contributed by atoms with E-state index in [1.165, 1.54) is 0 Å². The van der Waals surface area contributed by atoms with Gasteiger partial charge in [0.1, 0.15) is 0 Å². The summed E-state index contributed by atoms with van der Waals surface area (Å²) in [5, 5.41) is 4.12. The van der Waals surface area contributed by atoms with Gasteiger partial charge >= 0.3 is 0 Å². The van der Waals surface area contributed by atoms with Crippen molar-refractivity contribution in [2.75, 3.05) is 0 Å². The van der Waals surface area contributed by atoms with E-state index in [2.05, 4.69) is 11.7 Å². The molecule has 1 rings (SSSR count). The van der Waals surface area contributed by atoms with Crippen LogP contribution in [-0.2, 0) is 6.54 Å². The van der Waals surface area contributed by atoms with Gasteiger partial charge in [-0.2, -0.15) is 5.10 Å². The lowest BCUT2D eigenvalue weighted by Gasteiger charge is -2.04. The molecule has 0 saturated heterocycles. The molecule has 0 bridgehead atoms. The minimum absolute atomic E-state index is 0.246. The molecule has 0 amide bonds. The van der Waals surface area contributed by atoms with Gasteiger partial charge in [-0.1, -0.05) is 6.08 Å². The number of rotatable bonds is 3. The van der Waals surface area contributed by atoms with E-state index >= 15 is 0 Å². The summed E-state index contributed by atoms with van der Waals surface area (Å²) in [6.45, 7) is 6.25. The third-order valence-electron chi connectivity index (χ3n) is 1.65. The first kappa shape index (κ1) is 8.01. The van der Waals surface area contributed by atoms with Crippen molar-refractivity contribution in [2.45, 2.75) is 19.5 Å². The molecule has 0 radical (unpaired) electrons. The molecule has 11 heavy (non-hydrogen) atoms. The quantitative estimate of drug-likeness (QED) is 0.657. The highest BCUT2D eigenvalue weighted by atomic mass is 15.3. The van der Waals surface area contributed by atoms with Gasteiger partial charge in [0.2, 0.25) is 0 Å². The van der Waals surface area contributed by atoms with Gasteiger partial charge in [0.15, 0.2) is 0 Å². The molecule has 1 unspecified atom stereocenters. The minimum atomic E-state index is 0.246. The molecule has 3 heteroatoms. The summed E-state index contributed by atoms with van der Waals surface area (Å²) in [6.07, 6.45) is 5.56. The maximum absolute atomic E-state index is 5.43. The van der Waals surface area contributed by atoms with Gasteiger partial charge in [0.25, 0.3) is 0 Å². The fourth-order valence-electron chi connectivity index (χ4n) is 0.814.